The molecule has 0 aliphatic carbocycles. The van der Waals surface area contributed by atoms with E-state index in [0.717, 1.165) is 17.2 Å². The van der Waals surface area contributed by atoms with Crippen molar-refractivity contribution in [3.05, 3.63) is 23.3 Å². The van der Waals surface area contributed by atoms with Crippen LogP contribution in [0.15, 0.2) is 6.07 Å². The molecule has 0 fully saturated rings. The molecule has 2 heterocycles. The molecule has 0 aromatic carbocycles. The van der Waals surface area contributed by atoms with Gasteiger partial charge >= 0.3 is 0 Å². The van der Waals surface area contributed by atoms with Crippen molar-refractivity contribution in [1.82, 2.24) is 14.5 Å². The maximum atomic E-state index is 4.53. The summed E-state index contributed by atoms with van der Waals surface area (Å²) in [4.78, 5) is 8.92. The second-order valence-electron chi connectivity index (χ2n) is 4.34. The van der Waals surface area contributed by atoms with Crippen LogP contribution in [-0.4, -0.2) is 14.5 Å². The summed E-state index contributed by atoms with van der Waals surface area (Å²) in [5, 5.41) is 1.17. The SMILES string of the molecule is Cc1nc(C)c2cc(C)n(C(C)C)c2n1. The van der Waals surface area contributed by atoms with Crippen LogP contribution in [0.25, 0.3) is 11.0 Å². The van der Waals surface area contributed by atoms with E-state index < -0.39 is 0 Å². The Kier molecular flexibility index (Phi) is 2.25. The van der Waals surface area contributed by atoms with E-state index in [-0.39, 0.29) is 0 Å². The third kappa shape index (κ3) is 1.52. The zero-order valence-electron chi connectivity index (χ0n) is 10.00. The molecule has 2 aromatic heterocycles. The highest BCUT2D eigenvalue weighted by Gasteiger charge is 2.12. The summed E-state index contributed by atoms with van der Waals surface area (Å²) in [7, 11) is 0. The van der Waals surface area contributed by atoms with Crippen molar-refractivity contribution in [1.29, 1.82) is 0 Å². The first-order chi connectivity index (χ1) is 7.00. The first kappa shape index (κ1) is 10.1. The number of rotatable bonds is 1. The van der Waals surface area contributed by atoms with Gasteiger partial charge in [-0.25, -0.2) is 9.97 Å². The molecule has 0 spiro atoms. The molecule has 0 aliphatic heterocycles. The smallest absolute Gasteiger partial charge is 0.144 e. The van der Waals surface area contributed by atoms with Gasteiger partial charge in [0.25, 0.3) is 0 Å². The third-order valence-corrected chi connectivity index (χ3v) is 2.71. The van der Waals surface area contributed by atoms with Gasteiger partial charge < -0.3 is 4.57 Å². The van der Waals surface area contributed by atoms with E-state index in [2.05, 4.69) is 41.4 Å². The van der Waals surface area contributed by atoms with Crippen molar-refractivity contribution in [2.45, 2.75) is 40.7 Å². The van der Waals surface area contributed by atoms with E-state index in [0.29, 0.717) is 6.04 Å². The molecule has 0 unspecified atom stereocenters. The zero-order valence-corrected chi connectivity index (χ0v) is 10.00. The molecule has 3 heteroatoms. The molecular weight excluding hydrogens is 186 g/mol. The summed E-state index contributed by atoms with van der Waals surface area (Å²) in [5.74, 6) is 0.847. The number of fused-ring (bicyclic) bond motifs is 1. The Bertz CT molecular complexity index is 509. The van der Waals surface area contributed by atoms with Gasteiger partial charge in [0.2, 0.25) is 0 Å². The van der Waals surface area contributed by atoms with E-state index in [4.69, 9.17) is 0 Å². The Morgan fingerprint density at radius 1 is 1.13 bits per heavy atom. The molecule has 15 heavy (non-hydrogen) atoms. The molecule has 0 saturated heterocycles. The summed E-state index contributed by atoms with van der Waals surface area (Å²) >= 11 is 0. The Hall–Kier alpha value is -1.38. The lowest BCUT2D eigenvalue weighted by Gasteiger charge is -2.11. The van der Waals surface area contributed by atoms with Crippen LogP contribution in [0.5, 0.6) is 0 Å². The summed E-state index contributed by atoms with van der Waals surface area (Å²) in [6, 6.07) is 2.61. The maximum absolute atomic E-state index is 4.53. The van der Waals surface area contributed by atoms with Gasteiger partial charge in [0.1, 0.15) is 11.5 Å². The topological polar surface area (TPSA) is 30.7 Å². The number of hydrogen-bond acceptors (Lipinski definition) is 2. The van der Waals surface area contributed by atoms with Crippen LogP contribution < -0.4 is 0 Å². The molecule has 0 aliphatic rings. The van der Waals surface area contributed by atoms with Crippen LogP contribution in [0.1, 0.15) is 37.1 Å². The standard InChI is InChI=1S/C12H17N3/c1-7(2)15-8(3)6-11-9(4)13-10(5)14-12(11)15/h6-7H,1-5H3. The van der Waals surface area contributed by atoms with Crippen LogP contribution in [0.3, 0.4) is 0 Å². The van der Waals surface area contributed by atoms with E-state index in [9.17, 15) is 0 Å². The fourth-order valence-corrected chi connectivity index (χ4v) is 2.15. The molecule has 80 valence electrons. The second-order valence-corrected chi connectivity index (χ2v) is 4.34. The Labute approximate surface area is 90.2 Å². The molecule has 2 aromatic rings. The number of hydrogen-bond donors (Lipinski definition) is 0. The first-order valence-electron chi connectivity index (χ1n) is 5.33. The molecule has 0 amide bonds. The Morgan fingerprint density at radius 3 is 2.40 bits per heavy atom. The largest absolute Gasteiger partial charge is 0.327 e. The number of nitrogens with zero attached hydrogens (tertiary/aromatic N) is 3. The minimum Gasteiger partial charge on any atom is -0.327 e. The first-order valence-corrected chi connectivity index (χ1v) is 5.33. The summed E-state index contributed by atoms with van der Waals surface area (Å²) in [6.07, 6.45) is 0. The lowest BCUT2D eigenvalue weighted by molar-refractivity contribution is 0.602. The maximum Gasteiger partial charge on any atom is 0.144 e. The Balaban J connectivity index is 2.86. The van der Waals surface area contributed by atoms with Gasteiger partial charge in [-0.15, -0.1) is 0 Å². The van der Waals surface area contributed by atoms with Gasteiger partial charge in [0.15, 0.2) is 0 Å². The molecule has 0 atom stereocenters. The molecule has 2 rings (SSSR count). The van der Waals surface area contributed by atoms with E-state index >= 15 is 0 Å². The highest BCUT2D eigenvalue weighted by molar-refractivity contribution is 5.80. The van der Waals surface area contributed by atoms with Crippen LogP contribution in [-0.2, 0) is 0 Å². The average molecular weight is 203 g/mol. The molecule has 0 bridgehead atoms. The van der Waals surface area contributed by atoms with Gasteiger partial charge in [0.05, 0.1) is 5.69 Å². The number of aromatic nitrogens is 3. The third-order valence-electron chi connectivity index (χ3n) is 2.71. The summed E-state index contributed by atoms with van der Waals surface area (Å²) < 4.78 is 2.26. The summed E-state index contributed by atoms with van der Waals surface area (Å²) in [5.41, 5.74) is 3.38. The van der Waals surface area contributed by atoms with Crippen molar-refractivity contribution in [2.75, 3.05) is 0 Å². The quantitative estimate of drug-likeness (QED) is 0.713. The van der Waals surface area contributed by atoms with Crippen molar-refractivity contribution in [3.8, 4) is 0 Å². The average Bonchev–Trinajstić information content (AvgIpc) is 2.41. The van der Waals surface area contributed by atoms with E-state index in [1.807, 2.05) is 13.8 Å². The predicted octanol–water partition coefficient (Wildman–Crippen LogP) is 2.94. The van der Waals surface area contributed by atoms with Gasteiger partial charge in [-0.05, 0) is 40.7 Å². The fraction of sp³-hybridized carbons (Fsp3) is 0.500. The van der Waals surface area contributed by atoms with Gasteiger partial charge in [0, 0.05) is 17.1 Å². The minimum absolute atomic E-state index is 0.441. The lowest BCUT2D eigenvalue weighted by atomic mass is 10.3. The van der Waals surface area contributed by atoms with Crippen LogP contribution in [0.4, 0.5) is 0 Å². The van der Waals surface area contributed by atoms with Gasteiger partial charge in [-0.3, -0.25) is 0 Å². The van der Waals surface area contributed by atoms with E-state index in [1.54, 1.807) is 0 Å². The lowest BCUT2D eigenvalue weighted by Crippen LogP contribution is -2.04. The highest BCUT2D eigenvalue weighted by atomic mass is 15.1. The minimum atomic E-state index is 0.441. The van der Waals surface area contributed by atoms with Crippen molar-refractivity contribution >= 4 is 11.0 Å². The molecule has 3 nitrogen and oxygen atoms in total. The number of aryl methyl sites for hydroxylation is 3. The second kappa shape index (κ2) is 3.33. The van der Waals surface area contributed by atoms with Crippen molar-refractivity contribution < 1.29 is 0 Å². The van der Waals surface area contributed by atoms with Crippen LogP contribution in [0, 0.1) is 20.8 Å². The predicted molar refractivity (Wildman–Crippen MR) is 62.1 cm³/mol. The normalized spacial score (nSPS) is 11.6. The molecule has 0 N–H and O–H groups in total. The van der Waals surface area contributed by atoms with Crippen molar-refractivity contribution in [3.63, 3.8) is 0 Å². The molecular formula is C12H17N3. The zero-order chi connectivity index (χ0) is 11.2. The highest BCUT2D eigenvalue weighted by Crippen LogP contribution is 2.23. The van der Waals surface area contributed by atoms with Crippen molar-refractivity contribution in [2.24, 2.45) is 0 Å². The van der Waals surface area contributed by atoms with Gasteiger partial charge in [-0.2, -0.15) is 0 Å². The summed E-state index contributed by atoms with van der Waals surface area (Å²) in [6.45, 7) is 10.5. The Morgan fingerprint density at radius 2 is 1.80 bits per heavy atom. The van der Waals surface area contributed by atoms with Crippen LogP contribution >= 0.6 is 0 Å². The monoisotopic (exact) mass is 203 g/mol. The fourth-order valence-electron chi connectivity index (χ4n) is 2.15. The van der Waals surface area contributed by atoms with Gasteiger partial charge in [-0.1, -0.05) is 0 Å². The van der Waals surface area contributed by atoms with Crippen LogP contribution in [0.2, 0.25) is 0 Å². The molecule has 0 saturated carbocycles. The van der Waals surface area contributed by atoms with E-state index in [1.165, 1.54) is 11.1 Å². The molecule has 0 radical (unpaired) electrons.